The number of guanidine groups is 1. The number of aldehydes is 1. The third kappa shape index (κ3) is 19.9. The maximum Gasteiger partial charge on any atom is 0.245 e. The second kappa shape index (κ2) is 25.7. The summed E-state index contributed by atoms with van der Waals surface area (Å²) in [7, 11) is 0. The van der Waals surface area contributed by atoms with Gasteiger partial charge in [0.15, 0.2) is 5.96 Å². The van der Waals surface area contributed by atoms with E-state index in [1.165, 1.54) is 19.9 Å². The largest absolute Gasteiger partial charge is 0.394 e. The van der Waals surface area contributed by atoms with Crippen LogP contribution in [0.5, 0.6) is 0 Å². The van der Waals surface area contributed by atoms with Crippen LogP contribution < -0.4 is 54.8 Å². The van der Waals surface area contributed by atoms with E-state index in [4.69, 9.17) is 22.9 Å². The third-order valence-corrected chi connectivity index (χ3v) is 7.29. The number of primary amides is 1. The van der Waals surface area contributed by atoms with Crippen LogP contribution in [-0.2, 0) is 38.4 Å². The van der Waals surface area contributed by atoms with E-state index in [1.54, 1.807) is 13.0 Å². The number of carbonyl (C=O) groups excluding carboxylic acids is 8. The lowest BCUT2D eigenvalue weighted by molar-refractivity contribution is -0.136. The Morgan fingerprint density at radius 1 is 0.769 bits per heavy atom. The van der Waals surface area contributed by atoms with E-state index in [1.807, 2.05) is 0 Å². The van der Waals surface area contributed by atoms with Crippen molar-refractivity contribution < 1.29 is 48.6 Å². The van der Waals surface area contributed by atoms with Gasteiger partial charge in [0.05, 0.1) is 18.8 Å². The van der Waals surface area contributed by atoms with Crippen LogP contribution in [0.25, 0.3) is 0 Å². The summed E-state index contributed by atoms with van der Waals surface area (Å²) in [5, 5.41) is 34.2. The number of nitrogens with one attached hydrogen (secondary N) is 6. The Morgan fingerprint density at radius 3 is 1.90 bits per heavy atom. The molecule has 0 radical (unpaired) electrons. The number of amides is 7. The topological polar surface area (TPSA) is 366 Å². The summed E-state index contributed by atoms with van der Waals surface area (Å²) in [5.74, 6) is -5.48. The zero-order chi connectivity index (χ0) is 39.8. The van der Waals surface area contributed by atoms with E-state index in [-0.39, 0.29) is 57.1 Å². The predicted octanol–water partition coefficient (Wildman–Crippen LogP) is -5.49. The Balaban J connectivity index is 5.87. The molecule has 0 heterocycles. The molecule has 0 spiro atoms. The molecule has 0 aliphatic carbocycles. The number of hydrogen-bond acceptors (Lipinski definition) is 12. The summed E-state index contributed by atoms with van der Waals surface area (Å²) in [4.78, 5) is 103. The van der Waals surface area contributed by atoms with Crippen molar-refractivity contribution in [3.05, 3.63) is 12.2 Å². The molecule has 0 aromatic heterocycles. The fourth-order valence-electron chi connectivity index (χ4n) is 4.37. The molecule has 0 aliphatic heterocycles. The van der Waals surface area contributed by atoms with Gasteiger partial charge < -0.3 is 69.8 Å². The molecule has 0 unspecified atom stereocenters. The minimum Gasteiger partial charge on any atom is -0.394 e. The lowest BCUT2D eigenvalue weighted by atomic mass is 10.1. The van der Waals surface area contributed by atoms with Crippen molar-refractivity contribution in [1.82, 2.24) is 31.9 Å². The normalized spacial score (nSPS) is 15.0. The molecule has 294 valence electrons. The van der Waals surface area contributed by atoms with Crippen LogP contribution in [0.2, 0.25) is 0 Å². The van der Waals surface area contributed by atoms with E-state index >= 15 is 0 Å². The Morgan fingerprint density at radius 2 is 1.37 bits per heavy atom. The second-order valence-electron chi connectivity index (χ2n) is 11.9. The number of allylic oxidation sites excluding steroid dienone is 1. The highest BCUT2D eigenvalue weighted by atomic mass is 16.3. The van der Waals surface area contributed by atoms with Gasteiger partial charge in [-0.1, -0.05) is 6.08 Å². The molecular weight excluding hydrogens is 686 g/mol. The van der Waals surface area contributed by atoms with Crippen LogP contribution in [0.15, 0.2) is 17.1 Å². The average Bonchev–Trinajstić information content (AvgIpc) is 3.08. The summed E-state index contributed by atoms with van der Waals surface area (Å²) in [6.07, 6.45) is 2.44. The van der Waals surface area contributed by atoms with E-state index < -0.39 is 84.4 Å². The molecule has 7 amide bonds. The molecule has 0 bridgehead atoms. The lowest BCUT2D eigenvalue weighted by Crippen LogP contribution is -2.60. The van der Waals surface area contributed by atoms with Gasteiger partial charge in [-0.2, -0.15) is 0 Å². The monoisotopic (exact) mass is 741 g/mol. The first-order valence-corrected chi connectivity index (χ1v) is 16.7. The Kier molecular flexibility index (Phi) is 23.2. The number of unbranched alkanes of at least 4 members (excludes halogenated alkanes) is 1. The number of aliphatic imine (C=N–C) groups is 1. The number of nitrogens with zero attached hydrogens (tertiary/aromatic N) is 1. The van der Waals surface area contributed by atoms with Crippen molar-refractivity contribution in [3.8, 4) is 0 Å². The average molecular weight is 742 g/mol. The third-order valence-electron chi connectivity index (χ3n) is 7.29. The standard InChI is InChI=1S/C31H55N11O10/c1-4-8-24(47)36-13-6-5-9-21(28(50)39-19(15-43)16-44)41-29(51)22(10-7-14-37-31(34)35)40-26(48)17(2)38-30(52)25(18(3)45)42-27(49)20(32)11-12-23(33)46/h4,8,15,17-22,25,44-45H,5-7,9-14,16,32H2,1-3H3,(H2,33,46)(H,36,47)(H,38,52)(H,39,50)(H,40,48)(H,41,51)(H,42,49)(H4,34,35,37)/b8-4+/t17-,18+,19+,20-,21-,22-,25-/m0/s1. The van der Waals surface area contributed by atoms with Gasteiger partial charge in [0, 0.05) is 19.5 Å². The van der Waals surface area contributed by atoms with Crippen molar-refractivity contribution in [2.45, 2.75) is 108 Å². The highest BCUT2D eigenvalue weighted by Crippen LogP contribution is 2.06. The molecule has 16 N–H and O–H groups in total. The van der Waals surface area contributed by atoms with Crippen LogP contribution in [0.3, 0.4) is 0 Å². The van der Waals surface area contributed by atoms with Crippen LogP contribution in [-0.4, -0.2) is 126 Å². The molecule has 21 nitrogen and oxygen atoms in total. The Hall–Kier alpha value is -5.15. The molecule has 0 aromatic rings. The SMILES string of the molecule is C/C=C/C(=O)NCCCC[C@H](NC(=O)[C@H](CCCN=C(N)N)NC(=O)[C@H](C)NC(=O)[C@@H](NC(=O)[C@@H](N)CCC(N)=O)[C@@H](C)O)C(=O)N[C@H](C=O)CO. The van der Waals surface area contributed by atoms with Crippen LogP contribution in [0.1, 0.15) is 65.7 Å². The maximum atomic E-state index is 13.5. The maximum absolute atomic E-state index is 13.5. The zero-order valence-electron chi connectivity index (χ0n) is 29.8. The number of carbonyl (C=O) groups is 8. The predicted molar refractivity (Wildman–Crippen MR) is 188 cm³/mol. The molecule has 0 fully saturated rings. The van der Waals surface area contributed by atoms with Crippen molar-refractivity contribution >= 4 is 53.6 Å². The summed E-state index contributed by atoms with van der Waals surface area (Å²) in [5.41, 5.74) is 21.6. The van der Waals surface area contributed by atoms with Gasteiger partial charge in [0.25, 0.3) is 0 Å². The molecule has 0 saturated carbocycles. The van der Waals surface area contributed by atoms with Gasteiger partial charge in [-0.15, -0.1) is 0 Å². The van der Waals surface area contributed by atoms with E-state index in [2.05, 4.69) is 36.9 Å². The van der Waals surface area contributed by atoms with Crippen LogP contribution in [0, 0.1) is 0 Å². The summed E-state index contributed by atoms with van der Waals surface area (Å²) in [6, 6.07) is -7.86. The van der Waals surface area contributed by atoms with E-state index in [9.17, 15) is 48.6 Å². The summed E-state index contributed by atoms with van der Waals surface area (Å²) in [6.45, 7) is 3.83. The molecule has 0 saturated heterocycles. The Bertz CT molecular complexity index is 1270. The molecule has 21 heteroatoms. The highest BCUT2D eigenvalue weighted by Gasteiger charge is 2.32. The van der Waals surface area contributed by atoms with Gasteiger partial charge in [0.2, 0.25) is 41.4 Å². The summed E-state index contributed by atoms with van der Waals surface area (Å²) < 4.78 is 0. The first kappa shape index (κ1) is 46.9. The quantitative estimate of drug-likeness (QED) is 0.0130. The second-order valence-corrected chi connectivity index (χ2v) is 11.9. The fraction of sp³-hybridized carbons (Fsp3) is 0.645. The number of aliphatic hydroxyl groups is 2. The van der Waals surface area contributed by atoms with E-state index in [0.717, 1.165) is 0 Å². The molecule has 0 rings (SSSR count). The number of aliphatic hydroxyl groups excluding tert-OH is 2. The van der Waals surface area contributed by atoms with Crippen molar-refractivity contribution in [1.29, 1.82) is 0 Å². The lowest BCUT2D eigenvalue weighted by Gasteiger charge is -2.26. The smallest absolute Gasteiger partial charge is 0.245 e. The van der Waals surface area contributed by atoms with Gasteiger partial charge in [-0.05, 0) is 65.4 Å². The first-order valence-electron chi connectivity index (χ1n) is 16.7. The number of hydrogen-bond donors (Lipinski definition) is 12. The minimum absolute atomic E-state index is 0.0382. The fourth-order valence-corrected chi connectivity index (χ4v) is 4.37. The van der Waals surface area contributed by atoms with Crippen molar-refractivity contribution in [2.24, 2.45) is 27.9 Å². The van der Waals surface area contributed by atoms with Gasteiger partial charge in [-0.3, -0.25) is 38.6 Å². The highest BCUT2D eigenvalue weighted by molar-refractivity contribution is 5.96. The van der Waals surface area contributed by atoms with Gasteiger partial charge in [0.1, 0.15) is 36.5 Å². The van der Waals surface area contributed by atoms with Gasteiger partial charge >= 0.3 is 0 Å². The van der Waals surface area contributed by atoms with Gasteiger partial charge in [-0.25, -0.2) is 0 Å². The Labute approximate surface area is 301 Å². The minimum atomic E-state index is -1.55. The molecule has 7 atom stereocenters. The van der Waals surface area contributed by atoms with Crippen LogP contribution in [0.4, 0.5) is 0 Å². The first-order chi connectivity index (χ1) is 24.5. The van der Waals surface area contributed by atoms with Crippen molar-refractivity contribution in [3.63, 3.8) is 0 Å². The molecule has 0 aliphatic rings. The zero-order valence-corrected chi connectivity index (χ0v) is 29.8. The molecular formula is C31H55N11O10. The molecule has 0 aromatic carbocycles. The van der Waals surface area contributed by atoms with Crippen molar-refractivity contribution in [2.75, 3.05) is 19.7 Å². The number of rotatable bonds is 26. The summed E-state index contributed by atoms with van der Waals surface area (Å²) >= 11 is 0. The van der Waals surface area contributed by atoms with E-state index in [0.29, 0.717) is 19.1 Å². The number of nitrogens with two attached hydrogens (primary N) is 4. The van der Waals surface area contributed by atoms with Crippen LogP contribution >= 0.6 is 0 Å². The molecule has 52 heavy (non-hydrogen) atoms.